The summed E-state index contributed by atoms with van der Waals surface area (Å²) in [4.78, 5) is 26.4. The van der Waals surface area contributed by atoms with Crippen LogP contribution in [0.1, 0.15) is 60.3 Å². The number of hydrogen-bond acceptors (Lipinski definition) is 6. The largest absolute Gasteiger partial charge is 0.468 e. The van der Waals surface area contributed by atoms with Gasteiger partial charge in [0, 0.05) is 17.8 Å². The average Bonchev–Trinajstić information content (AvgIpc) is 3.17. The fraction of sp³-hybridized carbons (Fsp3) is 0.840. The SMILES string of the molecule is COC(=O)C1(C(=O)OC)C[C@]2(O[C@H](CO[Si](C)(C)C(C)(C)C)C[C@H]2C)[C@@]2(C)CCC=C[C@@H]12. The Bertz CT molecular complexity index is 768. The fourth-order valence-corrected chi connectivity index (χ4v) is 7.35. The van der Waals surface area contributed by atoms with Crippen molar-refractivity contribution in [3.05, 3.63) is 12.2 Å². The Labute approximate surface area is 194 Å². The van der Waals surface area contributed by atoms with Crippen LogP contribution in [0.15, 0.2) is 12.2 Å². The van der Waals surface area contributed by atoms with Crippen LogP contribution < -0.4 is 0 Å². The molecule has 0 aromatic rings. The highest BCUT2D eigenvalue weighted by atomic mass is 28.4. The van der Waals surface area contributed by atoms with Gasteiger partial charge in [0.2, 0.25) is 0 Å². The first-order valence-electron chi connectivity index (χ1n) is 11.9. The van der Waals surface area contributed by atoms with Gasteiger partial charge in [-0.1, -0.05) is 46.8 Å². The molecule has 3 rings (SSSR count). The van der Waals surface area contributed by atoms with E-state index in [1.165, 1.54) is 14.2 Å². The van der Waals surface area contributed by atoms with Crippen molar-refractivity contribution in [2.24, 2.45) is 22.7 Å². The van der Waals surface area contributed by atoms with Gasteiger partial charge in [-0.05, 0) is 43.3 Å². The number of ether oxygens (including phenoxy) is 3. The topological polar surface area (TPSA) is 71.1 Å². The summed E-state index contributed by atoms with van der Waals surface area (Å²) in [6.45, 7) is 16.1. The van der Waals surface area contributed by atoms with E-state index in [4.69, 9.17) is 18.6 Å². The van der Waals surface area contributed by atoms with E-state index in [-0.39, 0.29) is 34.8 Å². The molecule has 0 bridgehead atoms. The standard InChI is InChI=1S/C25H42O6Si/c1-17-14-18(15-30-32(8,9)22(2,3)4)31-25(17)16-24(20(26)28-6,21(27)29-7)19-12-10-11-13-23(19,25)5/h10,12,17-19H,11,13-16H2,1-9H3/t17-,18+,19-,23+,25-/m1/s1. The summed E-state index contributed by atoms with van der Waals surface area (Å²) in [7, 11) is 0.774. The van der Waals surface area contributed by atoms with Gasteiger partial charge in [-0.15, -0.1) is 0 Å². The van der Waals surface area contributed by atoms with Crippen molar-refractivity contribution < 1.29 is 28.2 Å². The number of esters is 2. The molecule has 0 unspecified atom stereocenters. The third kappa shape index (κ3) is 3.50. The van der Waals surface area contributed by atoms with Crippen molar-refractivity contribution in [1.82, 2.24) is 0 Å². The first-order chi connectivity index (χ1) is 14.7. The molecule has 7 heteroatoms. The van der Waals surface area contributed by atoms with Crippen LogP contribution in [0.5, 0.6) is 0 Å². The van der Waals surface area contributed by atoms with Crippen molar-refractivity contribution in [3.8, 4) is 0 Å². The molecule has 0 N–H and O–H groups in total. The van der Waals surface area contributed by atoms with E-state index in [9.17, 15) is 9.59 Å². The zero-order chi connectivity index (χ0) is 24.2. The van der Waals surface area contributed by atoms with Crippen LogP contribution in [0.3, 0.4) is 0 Å². The summed E-state index contributed by atoms with van der Waals surface area (Å²) in [5.74, 6) is -1.21. The van der Waals surface area contributed by atoms with Crippen LogP contribution in [-0.2, 0) is 28.2 Å². The van der Waals surface area contributed by atoms with E-state index in [0.29, 0.717) is 6.61 Å². The molecule has 5 atom stereocenters. The maximum atomic E-state index is 13.2. The molecule has 0 aromatic carbocycles. The summed E-state index contributed by atoms with van der Waals surface area (Å²) in [6, 6.07) is 0. The molecular weight excluding hydrogens is 424 g/mol. The lowest BCUT2D eigenvalue weighted by Gasteiger charge is -2.47. The highest BCUT2D eigenvalue weighted by Gasteiger charge is 2.76. The van der Waals surface area contributed by atoms with E-state index >= 15 is 0 Å². The molecule has 2 fully saturated rings. The van der Waals surface area contributed by atoms with E-state index in [2.05, 4.69) is 53.8 Å². The van der Waals surface area contributed by atoms with Gasteiger partial charge in [-0.3, -0.25) is 9.59 Å². The van der Waals surface area contributed by atoms with Crippen molar-refractivity contribution in [2.45, 2.75) is 90.1 Å². The minimum absolute atomic E-state index is 0.0615. The molecule has 1 saturated heterocycles. The van der Waals surface area contributed by atoms with Gasteiger partial charge in [0.1, 0.15) is 0 Å². The number of allylic oxidation sites excluding steroid dienone is 2. The summed E-state index contributed by atoms with van der Waals surface area (Å²) in [5, 5.41) is 0.123. The first kappa shape index (κ1) is 25.4. The van der Waals surface area contributed by atoms with E-state index < -0.39 is 31.3 Å². The number of rotatable bonds is 5. The van der Waals surface area contributed by atoms with Gasteiger partial charge in [0.05, 0.1) is 32.5 Å². The fourth-order valence-electron chi connectivity index (χ4n) is 6.32. The Balaban J connectivity index is 1.98. The number of carbonyl (C=O) groups is 2. The average molecular weight is 467 g/mol. The molecule has 182 valence electrons. The van der Waals surface area contributed by atoms with Crippen molar-refractivity contribution in [2.75, 3.05) is 20.8 Å². The van der Waals surface area contributed by atoms with Gasteiger partial charge < -0.3 is 18.6 Å². The lowest BCUT2D eigenvalue weighted by atomic mass is 9.60. The maximum Gasteiger partial charge on any atom is 0.323 e. The van der Waals surface area contributed by atoms with E-state index in [1.54, 1.807) is 0 Å². The highest BCUT2D eigenvalue weighted by Crippen LogP contribution is 2.69. The second kappa shape index (κ2) is 8.24. The van der Waals surface area contributed by atoms with Gasteiger partial charge in [-0.2, -0.15) is 0 Å². The minimum atomic E-state index is -1.91. The molecule has 3 aliphatic rings. The Hall–Kier alpha value is -1.18. The lowest BCUT2D eigenvalue weighted by Crippen LogP contribution is -2.50. The Morgan fingerprint density at radius 2 is 1.75 bits per heavy atom. The molecule has 6 nitrogen and oxygen atoms in total. The van der Waals surface area contributed by atoms with Crippen LogP contribution in [0.2, 0.25) is 18.1 Å². The van der Waals surface area contributed by atoms with Gasteiger partial charge in [0.25, 0.3) is 0 Å². The van der Waals surface area contributed by atoms with Crippen LogP contribution >= 0.6 is 0 Å². The van der Waals surface area contributed by atoms with Gasteiger partial charge in [0.15, 0.2) is 13.7 Å². The molecule has 1 saturated carbocycles. The van der Waals surface area contributed by atoms with Crippen LogP contribution in [-0.4, -0.2) is 52.8 Å². The van der Waals surface area contributed by atoms with Crippen molar-refractivity contribution >= 4 is 20.3 Å². The van der Waals surface area contributed by atoms with Gasteiger partial charge >= 0.3 is 11.9 Å². The number of hydrogen-bond donors (Lipinski definition) is 0. The zero-order valence-electron chi connectivity index (χ0n) is 21.4. The number of carbonyl (C=O) groups excluding carboxylic acids is 2. The summed E-state index contributed by atoms with van der Waals surface area (Å²) >= 11 is 0. The van der Waals surface area contributed by atoms with Crippen LogP contribution in [0, 0.1) is 22.7 Å². The second-order valence-electron chi connectivity index (χ2n) is 11.8. The molecule has 32 heavy (non-hydrogen) atoms. The zero-order valence-corrected chi connectivity index (χ0v) is 22.4. The quantitative estimate of drug-likeness (QED) is 0.249. The second-order valence-corrected chi connectivity index (χ2v) is 16.6. The molecule has 0 radical (unpaired) electrons. The smallest absolute Gasteiger partial charge is 0.323 e. The summed E-state index contributed by atoms with van der Waals surface area (Å²) in [6.07, 6.45) is 6.92. The van der Waals surface area contributed by atoms with Crippen LogP contribution in [0.25, 0.3) is 0 Å². The molecular formula is C25H42O6Si. The predicted molar refractivity (Wildman–Crippen MR) is 126 cm³/mol. The third-order valence-corrected chi connectivity index (χ3v) is 13.7. The first-order valence-corrected chi connectivity index (χ1v) is 14.8. The normalized spacial score (nSPS) is 36.2. The highest BCUT2D eigenvalue weighted by molar-refractivity contribution is 6.74. The predicted octanol–water partition coefficient (Wildman–Crippen LogP) is 4.88. The Morgan fingerprint density at radius 3 is 2.28 bits per heavy atom. The van der Waals surface area contributed by atoms with Gasteiger partial charge in [-0.25, -0.2) is 0 Å². The molecule has 0 amide bonds. The van der Waals surface area contributed by atoms with E-state index in [1.807, 2.05) is 6.08 Å². The molecule has 1 heterocycles. The molecule has 1 spiro atoms. The van der Waals surface area contributed by atoms with Crippen molar-refractivity contribution in [3.63, 3.8) is 0 Å². The Kier molecular flexibility index (Phi) is 6.55. The third-order valence-electron chi connectivity index (χ3n) is 9.21. The number of methoxy groups -OCH3 is 2. The maximum absolute atomic E-state index is 13.2. The van der Waals surface area contributed by atoms with Crippen molar-refractivity contribution in [1.29, 1.82) is 0 Å². The molecule has 0 aromatic heterocycles. The van der Waals surface area contributed by atoms with Crippen LogP contribution in [0.4, 0.5) is 0 Å². The monoisotopic (exact) mass is 466 g/mol. The minimum Gasteiger partial charge on any atom is -0.468 e. The molecule has 2 aliphatic carbocycles. The van der Waals surface area contributed by atoms with E-state index in [0.717, 1.165) is 19.3 Å². The lowest BCUT2D eigenvalue weighted by molar-refractivity contribution is -0.173. The molecule has 1 aliphatic heterocycles. The number of fused-ring (bicyclic) bond motifs is 2. The summed E-state index contributed by atoms with van der Waals surface area (Å²) in [5.41, 5.74) is -2.39. The Morgan fingerprint density at radius 1 is 1.16 bits per heavy atom. The summed E-state index contributed by atoms with van der Waals surface area (Å²) < 4.78 is 23.8.